The van der Waals surface area contributed by atoms with Crippen molar-refractivity contribution in [1.29, 1.82) is 0 Å². The van der Waals surface area contributed by atoms with E-state index < -0.39 is 48.7 Å². The van der Waals surface area contributed by atoms with Gasteiger partial charge >= 0.3 is 0 Å². The van der Waals surface area contributed by atoms with Gasteiger partial charge in [-0.25, -0.2) is 4.98 Å². The van der Waals surface area contributed by atoms with Gasteiger partial charge in [0.25, 0.3) is 5.91 Å². The highest BCUT2D eigenvalue weighted by Gasteiger charge is 2.28. The minimum Gasteiger partial charge on any atom is -0.491 e. The molecule has 0 aliphatic carbocycles. The summed E-state index contributed by atoms with van der Waals surface area (Å²) in [5.74, 6) is -2.10. The van der Waals surface area contributed by atoms with Gasteiger partial charge in [0.2, 0.25) is 17.7 Å². The highest BCUT2D eigenvalue weighted by molar-refractivity contribution is 7.09. The number of carbonyl (C=O) groups excluding carboxylic acids is 4. The topological polar surface area (TPSA) is 159 Å². The average molecular weight is 504 g/mol. The normalized spacial score (nSPS) is 19.3. The SMILES string of the molecule is Cc1csc(CCCNC(=O)[C@@H]2CC(=O)N[C@@H](CO)C(=O)NCCOc3ccccc3C(=O)N2)n1. The second-order valence-electron chi connectivity index (χ2n) is 7.95. The number of aliphatic hydroxyl groups is 1. The highest BCUT2D eigenvalue weighted by atomic mass is 32.1. The molecule has 0 bridgehead atoms. The minimum atomic E-state index is -1.21. The largest absolute Gasteiger partial charge is 0.491 e. The molecule has 0 spiro atoms. The first kappa shape index (κ1) is 26.1. The van der Waals surface area contributed by atoms with Gasteiger partial charge in [0, 0.05) is 24.0 Å². The van der Waals surface area contributed by atoms with Gasteiger partial charge in [-0.3, -0.25) is 19.2 Å². The summed E-state index contributed by atoms with van der Waals surface area (Å²) >= 11 is 1.55. The standard InChI is InChI=1S/C23H29N5O6S/c1-14-13-35-20(26-14)7-4-8-24-22(32)16-11-19(30)27-17(12-29)23(33)25-9-10-34-18-6-3-2-5-15(18)21(31)28-16/h2-3,5-6,13,16-17,29H,4,7-12H2,1H3,(H,24,32)(H,25,33)(H,27,30)(H,28,31)/t16-,17-/m0/s1. The van der Waals surface area contributed by atoms with Crippen LogP contribution in [0.4, 0.5) is 0 Å². The van der Waals surface area contributed by atoms with Crippen molar-refractivity contribution in [2.75, 3.05) is 26.3 Å². The fraction of sp³-hybridized carbons (Fsp3) is 0.435. The Morgan fingerprint density at radius 2 is 2.06 bits per heavy atom. The van der Waals surface area contributed by atoms with Crippen LogP contribution < -0.4 is 26.0 Å². The van der Waals surface area contributed by atoms with Crippen LogP contribution in [0.2, 0.25) is 0 Å². The van der Waals surface area contributed by atoms with Crippen LogP contribution in [-0.2, 0) is 20.8 Å². The summed E-state index contributed by atoms with van der Waals surface area (Å²) < 4.78 is 5.63. The number of hydrogen-bond acceptors (Lipinski definition) is 8. The third-order valence-corrected chi connectivity index (χ3v) is 6.20. The lowest BCUT2D eigenvalue weighted by Gasteiger charge is -2.22. The Bertz CT molecular complexity index is 1060. The predicted molar refractivity (Wildman–Crippen MR) is 128 cm³/mol. The molecule has 0 unspecified atom stereocenters. The number of benzene rings is 1. The number of para-hydroxylation sites is 1. The predicted octanol–water partition coefficient (Wildman–Crippen LogP) is -0.325. The zero-order chi connectivity index (χ0) is 25.2. The van der Waals surface area contributed by atoms with E-state index in [1.165, 1.54) is 0 Å². The van der Waals surface area contributed by atoms with E-state index in [2.05, 4.69) is 26.3 Å². The van der Waals surface area contributed by atoms with E-state index in [-0.39, 0.29) is 24.5 Å². The number of hydrogen-bond donors (Lipinski definition) is 5. The molecule has 1 aromatic heterocycles. The summed E-state index contributed by atoms with van der Waals surface area (Å²) in [4.78, 5) is 55.1. The van der Waals surface area contributed by atoms with Gasteiger partial charge in [-0.2, -0.15) is 0 Å². The van der Waals surface area contributed by atoms with E-state index in [1.54, 1.807) is 35.6 Å². The molecule has 1 aliphatic heterocycles. The molecule has 1 aromatic carbocycles. The monoisotopic (exact) mass is 503 g/mol. The maximum absolute atomic E-state index is 13.0. The summed E-state index contributed by atoms with van der Waals surface area (Å²) in [6, 6.07) is 4.09. The van der Waals surface area contributed by atoms with Crippen LogP contribution in [0.5, 0.6) is 5.75 Å². The maximum atomic E-state index is 13.0. The third kappa shape index (κ3) is 7.76. The van der Waals surface area contributed by atoms with Crippen molar-refractivity contribution in [3.05, 3.63) is 45.9 Å². The first-order chi connectivity index (χ1) is 16.9. The van der Waals surface area contributed by atoms with Crippen molar-refractivity contribution in [2.24, 2.45) is 0 Å². The number of aromatic nitrogens is 1. The zero-order valence-corrected chi connectivity index (χ0v) is 20.2. The first-order valence-corrected chi connectivity index (χ1v) is 12.1. The summed E-state index contributed by atoms with van der Waals surface area (Å²) in [6.45, 7) is 1.78. The Morgan fingerprint density at radius 1 is 1.26 bits per heavy atom. The van der Waals surface area contributed by atoms with E-state index >= 15 is 0 Å². The molecule has 3 rings (SSSR count). The van der Waals surface area contributed by atoms with Crippen LogP contribution in [0.25, 0.3) is 0 Å². The second-order valence-corrected chi connectivity index (χ2v) is 8.89. The molecule has 0 radical (unpaired) electrons. The van der Waals surface area contributed by atoms with E-state index in [9.17, 15) is 24.3 Å². The number of nitrogens with one attached hydrogen (secondary N) is 4. The van der Waals surface area contributed by atoms with Crippen molar-refractivity contribution >= 4 is 35.0 Å². The molecule has 5 N–H and O–H groups in total. The lowest BCUT2D eigenvalue weighted by molar-refractivity contribution is -0.131. The van der Waals surface area contributed by atoms with Crippen molar-refractivity contribution < 1.29 is 29.0 Å². The Kier molecular flexibility index (Phi) is 9.56. The van der Waals surface area contributed by atoms with Crippen LogP contribution >= 0.6 is 11.3 Å². The molecule has 11 nitrogen and oxygen atoms in total. The zero-order valence-electron chi connectivity index (χ0n) is 19.3. The van der Waals surface area contributed by atoms with E-state index in [4.69, 9.17) is 4.74 Å². The molecule has 2 atom stereocenters. The number of rotatable bonds is 6. The first-order valence-electron chi connectivity index (χ1n) is 11.3. The number of fused-ring (bicyclic) bond motifs is 1. The molecule has 188 valence electrons. The summed E-state index contributed by atoms with van der Waals surface area (Å²) in [5, 5.41) is 22.7. The van der Waals surface area contributed by atoms with E-state index in [1.807, 2.05) is 12.3 Å². The Balaban J connectivity index is 1.72. The molecule has 0 fully saturated rings. The molecule has 0 saturated heterocycles. The van der Waals surface area contributed by atoms with Gasteiger partial charge in [0.15, 0.2) is 0 Å². The summed E-state index contributed by atoms with van der Waals surface area (Å²) in [7, 11) is 0. The van der Waals surface area contributed by atoms with E-state index in [0.29, 0.717) is 19.4 Å². The number of ether oxygens (including phenoxy) is 1. The van der Waals surface area contributed by atoms with Gasteiger partial charge in [-0.1, -0.05) is 12.1 Å². The smallest absolute Gasteiger partial charge is 0.255 e. The van der Waals surface area contributed by atoms with Gasteiger partial charge in [-0.15, -0.1) is 11.3 Å². The van der Waals surface area contributed by atoms with Gasteiger partial charge in [0.1, 0.15) is 24.4 Å². The molecule has 2 heterocycles. The van der Waals surface area contributed by atoms with Crippen molar-refractivity contribution in [3.63, 3.8) is 0 Å². The van der Waals surface area contributed by atoms with Crippen LogP contribution in [0.15, 0.2) is 29.6 Å². The van der Waals surface area contributed by atoms with Crippen LogP contribution in [0.3, 0.4) is 0 Å². The Morgan fingerprint density at radius 3 is 2.80 bits per heavy atom. The number of amides is 4. The molecule has 4 amide bonds. The van der Waals surface area contributed by atoms with Crippen molar-refractivity contribution in [3.8, 4) is 5.75 Å². The number of nitrogens with zero attached hydrogens (tertiary/aromatic N) is 1. The molecular formula is C23H29N5O6S. The fourth-order valence-electron chi connectivity index (χ4n) is 3.41. The number of aryl methyl sites for hydroxylation is 2. The van der Waals surface area contributed by atoms with Crippen LogP contribution in [0, 0.1) is 6.92 Å². The lowest BCUT2D eigenvalue weighted by atomic mass is 10.1. The third-order valence-electron chi connectivity index (χ3n) is 5.17. The fourth-order valence-corrected chi connectivity index (χ4v) is 4.23. The molecule has 1 aliphatic rings. The lowest BCUT2D eigenvalue weighted by Crippen LogP contribution is -2.53. The number of aliphatic hydroxyl groups excluding tert-OH is 1. The quantitative estimate of drug-likeness (QED) is 0.338. The second kappa shape index (κ2) is 12.8. The van der Waals surface area contributed by atoms with Gasteiger partial charge in [-0.05, 0) is 25.5 Å². The van der Waals surface area contributed by atoms with Gasteiger partial charge < -0.3 is 31.1 Å². The number of carbonyl (C=O) groups is 4. The highest BCUT2D eigenvalue weighted by Crippen LogP contribution is 2.18. The number of thiazole rings is 1. The Labute approximate surface area is 206 Å². The van der Waals surface area contributed by atoms with Crippen LogP contribution in [0.1, 0.15) is 33.9 Å². The molecular weight excluding hydrogens is 474 g/mol. The average Bonchev–Trinajstić information content (AvgIpc) is 3.26. The summed E-state index contributed by atoms with van der Waals surface area (Å²) in [6.07, 6.45) is 0.902. The Hall–Kier alpha value is -3.51. The minimum absolute atomic E-state index is 0.0602. The van der Waals surface area contributed by atoms with Gasteiger partial charge in [0.05, 0.1) is 30.1 Å². The van der Waals surface area contributed by atoms with Crippen LogP contribution in [-0.4, -0.2) is 72.1 Å². The maximum Gasteiger partial charge on any atom is 0.255 e. The molecule has 35 heavy (non-hydrogen) atoms. The van der Waals surface area contributed by atoms with Crippen molar-refractivity contribution in [2.45, 2.75) is 38.3 Å². The molecule has 12 heteroatoms. The van der Waals surface area contributed by atoms with Crippen molar-refractivity contribution in [1.82, 2.24) is 26.3 Å². The molecule has 2 aromatic rings. The van der Waals surface area contributed by atoms with E-state index in [0.717, 1.165) is 10.7 Å². The molecule has 0 saturated carbocycles. The summed E-state index contributed by atoms with van der Waals surface area (Å²) in [5.41, 5.74) is 1.14.